The van der Waals surface area contributed by atoms with Crippen LogP contribution in [-0.4, -0.2) is 49.6 Å². The Hall–Kier alpha value is -0.820. The summed E-state index contributed by atoms with van der Waals surface area (Å²) in [5.41, 5.74) is 1.43. The number of hydrogen-bond donors (Lipinski definition) is 2. The highest BCUT2D eigenvalue weighted by Gasteiger charge is 2.38. The number of nitrogens with one attached hydrogen (secondary N) is 2. The van der Waals surface area contributed by atoms with E-state index in [0.717, 1.165) is 19.0 Å². The lowest BCUT2D eigenvalue weighted by molar-refractivity contribution is 0.292. The fourth-order valence-corrected chi connectivity index (χ4v) is 3.24. The van der Waals surface area contributed by atoms with Crippen LogP contribution in [-0.2, 0) is 0 Å². The minimum atomic E-state index is 0. The first-order valence-electron chi connectivity index (χ1n) is 9.45. The molecule has 1 aliphatic rings. The van der Waals surface area contributed by atoms with Gasteiger partial charge in [0.15, 0.2) is 5.96 Å². The summed E-state index contributed by atoms with van der Waals surface area (Å²) in [4.78, 5) is 6.88. The number of rotatable bonds is 9. The molecule has 1 aliphatic carbocycles. The molecule has 25 heavy (non-hydrogen) atoms. The number of hydrogen-bond acceptors (Lipinski definition) is 2. The molecule has 142 valence electrons. The van der Waals surface area contributed by atoms with Crippen LogP contribution in [0.15, 0.2) is 35.3 Å². The molecule has 3 unspecified atom stereocenters. The van der Waals surface area contributed by atoms with Crippen LogP contribution in [0.1, 0.15) is 51.5 Å². The van der Waals surface area contributed by atoms with Crippen LogP contribution in [0.2, 0.25) is 0 Å². The van der Waals surface area contributed by atoms with Crippen LogP contribution in [0.4, 0.5) is 0 Å². The number of halogens is 1. The van der Waals surface area contributed by atoms with Crippen LogP contribution in [0.5, 0.6) is 0 Å². The van der Waals surface area contributed by atoms with Gasteiger partial charge in [-0.15, -0.1) is 24.0 Å². The van der Waals surface area contributed by atoms with Gasteiger partial charge in [0.05, 0.1) is 0 Å². The molecule has 4 nitrogen and oxygen atoms in total. The molecule has 1 aromatic carbocycles. The third kappa shape index (κ3) is 7.52. The van der Waals surface area contributed by atoms with E-state index in [9.17, 15) is 0 Å². The maximum Gasteiger partial charge on any atom is 0.191 e. The molecule has 1 saturated carbocycles. The Morgan fingerprint density at radius 3 is 2.52 bits per heavy atom. The molecule has 3 atom stereocenters. The second kappa shape index (κ2) is 11.7. The molecule has 0 bridgehead atoms. The third-order valence-corrected chi connectivity index (χ3v) is 4.95. The van der Waals surface area contributed by atoms with Crippen LogP contribution in [0.25, 0.3) is 0 Å². The minimum absolute atomic E-state index is 0. The van der Waals surface area contributed by atoms with Crippen molar-refractivity contribution < 1.29 is 0 Å². The minimum Gasteiger partial charge on any atom is -0.354 e. The highest BCUT2D eigenvalue weighted by Crippen LogP contribution is 2.40. The number of guanidine groups is 1. The monoisotopic (exact) mass is 458 g/mol. The molecule has 0 amide bonds. The standard InChI is InChI=1S/C20H34N4.HI/c1-5-24(6-2)14-10-11-16(3)22-20(21-4)23-19-15-18(19)17-12-8-7-9-13-17;/h7-9,12-13,16,18-19H,5-6,10-11,14-15H2,1-4H3,(H2,21,22,23);1H. The van der Waals surface area contributed by atoms with Crippen molar-refractivity contribution in [3.8, 4) is 0 Å². The first-order valence-corrected chi connectivity index (χ1v) is 9.45. The molecule has 0 radical (unpaired) electrons. The second-order valence-electron chi connectivity index (χ2n) is 6.79. The Labute approximate surface area is 170 Å². The van der Waals surface area contributed by atoms with E-state index in [2.05, 4.69) is 71.6 Å². The molecule has 2 N–H and O–H groups in total. The Bertz CT molecular complexity index is 502. The summed E-state index contributed by atoms with van der Waals surface area (Å²) in [6, 6.07) is 11.7. The summed E-state index contributed by atoms with van der Waals surface area (Å²) in [5.74, 6) is 1.57. The third-order valence-electron chi connectivity index (χ3n) is 4.95. The van der Waals surface area contributed by atoms with Crippen molar-refractivity contribution in [1.82, 2.24) is 15.5 Å². The molecule has 0 saturated heterocycles. The van der Waals surface area contributed by atoms with E-state index in [4.69, 9.17) is 0 Å². The smallest absolute Gasteiger partial charge is 0.191 e. The Morgan fingerprint density at radius 2 is 1.92 bits per heavy atom. The van der Waals surface area contributed by atoms with Gasteiger partial charge in [0.25, 0.3) is 0 Å². The normalized spacial score (nSPS) is 20.8. The van der Waals surface area contributed by atoms with Crippen LogP contribution in [0.3, 0.4) is 0 Å². The van der Waals surface area contributed by atoms with Gasteiger partial charge in [-0.2, -0.15) is 0 Å². The SMILES string of the molecule is CCN(CC)CCCC(C)NC(=NC)NC1CC1c1ccccc1.I. The zero-order valence-corrected chi connectivity index (χ0v) is 18.5. The van der Waals surface area contributed by atoms with Gasteiger partial charge < -0.3 is 15.5 Å². The van der Waals surface area contributed by atoms with E-state index in [1.54, 1.807) is 0 Å². The van der Waals surface area contributed by atoms with E-state index in [1.165, 1.54) is 31.4 Å². The van der Waals surface area contributed by atoms with E-state index in [-0.39, 0.29) is 24.0 Å². The quantitative estimate of drug-likeness (QED) is 0.336. The Morgan fingerprint density at radius 1 is 1.24 bits per heavy atom. The summed E-state index contributed by atoms with van der Waals surface area (Å²) in [6.07, 6.45) is 3.59. The lowest BCUT2D eigenvalue weighted by atomic mass is 10.1. The lowest BCUT2D eigenvalue weighted by Crippen LogP contribution is -2.43. The van der Waals surface area contributed by atoms with Crippen molar-refractivity contribution in [2.24, 2.45) is 4.99 Å². The molecule has 0 aliphatic heterocycles. The van der Waals surface area contributed by atoms with Crippen molar-refractivity contribution in [3.63, 3.8) is 0 Å². The first-order chi connectivity index (χ1) is 11.7. The first kappa shape index (κ1) is 22.2. The van der Waals surface area contributed by atoms with Crippen LogP contribution < -0.4 is 10.6 Å². The molecule has 5 heteroatoms. The highest BCUT2D eigenvalue weighted by molar-refractivity contribution is 14.0. The van der Waals surface area contributed by atoms with Crippen molar-refractivity contribution in [3.05, 3.63) is 35.9 Å². The molecule has 0 aromatic heterocycles. The van der Waals surface area contributed by atoms with Gasteiger partial charge in [-0.3, -0.25) is 4.99 Å². The van der Waals surface area contributed by atoms with Gasteiger partial charge >= 0.3 is 0 Å². The summed E-state index contributed by atoms with van der Waals surface area (Å²) in [6.45, 7) is 10.2. The number of nitrogens with zero attached hydrogens (tertiary/aromatic N) is 2. The fraction of sp³-hybridized carbons (Fsp3) is 0.650. The molecular weight excluding hydrogens is 423 g/mol. The largest absolute Gasteiger partial charge is 0.354 e. The van der Waals surface area contributed by atoms with Crippen LogP contribution in [0, 0.1) is 0 Å². The van der Waals surface area contributed by atoms with Crippen molar-refractivity contribution >= 4 is 29.9 Å². The van der Waals surface area contributed by atoms with E-state index >= 15 is 0 Å². The highest BCUT2D eigenvalue weighted by atomic mass is 127. The lowest BCUT2D eigenvalue weighted by Gasteiger charge is -2.21. The van der Waals surface area contributed by atoms with Gasteiger partial charge in [0.1, 0.15) is 0 Å². The number of benzene rings is 1. The average molecular weight is 458 g/mol. The molecular formula is C20H35IN4. The van der Waals surface area contributed by atoms with Crippen molar-refractivity contribution in [2.75, 3.05) is 26.7 Å². The van der Waals surface area contributed by atoms with E-state index in [1.807, 2.05) is 7.05 Å². The zero-order chi connectivity index (χ0) is 17.4. The average Bonchev–Trinajstić information content (AvgIpc) is 3.38. The van der Waals surface area contributed by atoms with Crippen molar-refractivity contribution in [2.45, 2.75) is 58.0 Å². The van der Waals surface area contributed by atoms with Gasteiger partial charge in [-0.25, -0.2) is 0 Å². The van der Waals surface area contributed by atoms with Gasteiger partial charge in [-0.05, 0) is 51.4 Å². The Balaban J connectivity index is 0.00000312. The van der Waals surface area contributed by atoms with Crippen LogP contribution >= 0.6 is 24.0 Å². The zero-order valence-electron chi connectivity index (χ0n) is 16.2. The topological polar surface area (TPSA) is 39.7 Å². The molecule has 1 fully saturated rings. The predicted octanol–water partition coefficient (Wildman–Crippen LogP) is 3.84. The molecule has 0 heterocycles. The second-order valence-corrected chi connectivity index (χ2v) is 6.79. The maximum atomic E-state index is 4.40. The van der Waals surface area contributed by atoms with E-state index in [0.29, 0.717) is 18.0 Å². The molecule has 0 spiro atoms. The molecule has 1 aromatic rings. The van der Waals surface area contributed by atoms with Gasteiger partial charge in [0, 0.05) is 25.0 Å². The van der Waals surface area contributed by atoms with E-state index < -0.39 is 0 Å². The molecule has 2 rings (SSSR count). The summed E-state index contributed by atoms with van der Waals surface area (Å²) < 4.78 is 0. The fourth-order valence-electron chi connectivity index (χ4n) is 3.24. The van der Waals surface area contributed by atoms with Crippen molar-refractivity contribution in [1.29, 1.82) is 0 Å². The van der Waals surface area contributed by atoms with Gasteiger partial charge in [0.2, 0.25) is 0 Å². The summed E-state index contributed by atoms with van der Waals surface area (Å²) in [5, 5.41) is 7.11. The summed E-state index contributed by atoms with van der Waals surface area (Å²) in [7, 11) is 1.86. The van der Waals surface area contributed by atoms with Gasteiger partial charge in [-0.1, -0.05) is 44.2 Å². The predicted molar refractivity (Wildman–Crippen MR) is 119 cm³/mol. The summed E-state index contributed by atoms with van der Waals surface area (Å²) >= 11 is 0. The Kier molecular flexibility index (Phi) is 10.4. The number of aliphatic imine (C=N–C) groups is 1. The maximum absolute atomic E-state index is 4.40.